The Morgan fingerprint density at radius 1 is 0.228 bits per heavy atom. The van der Waals surface area contributed by atoms with Crippen LogP contribution in [-0.4, -0.2) is 13.7 Å². The molecule has 0 unspecified atom stereocenters. The van der Waals surface area contributed by atoms with Gasteiger partial charge in [-0.3, -0.25) is 0 Å². The summed E-state index contributed by atoms with van der Waals surface area (Å²) >= 11 is 0. The van der Waals surface area contributed by atoms with Crippen LogP contribution in [0.25, 0.3) is 105 Å². The summed E-state index contributed by atoms with van der Waals surface area (Å²) in [6.07, 6.45) is 0. The molecule has 0 saturated heterocycles. The van der Waals surface area contributed by atoms with E-state index >= 15 is 0 Å². The fourth-order valence-corrected chi connectivity index (χ4v) is 9.56. The van der Waals surface area contributed by atoms with Crippen LogP contribution < -0.4 is 0 Å². The van der Waals surface area contributed by atoms with Crippen molar-refractivity contribution >= 4 is 65.4 Å². The van der Waals surface area contributed by atoms with Crippen molar-refractivity contribution < 1.29 is 0 Å². The molecule has 57 heavy (non-hydrogen) atoms. The maximum absolute atomic E-state index is 2.52. The normalized spacial score (nSPS) is 11.9. The van der Waals surface area contributed by atoms with Gasteiger partial charge in [0.15, 0.2) is 0 Å². The van der Waals surface area contributed by atoms with E-state index in [1.54, 1.807) is 0 Å². The maximum atomic E-state index is 2.52. The minimum atomic E-state index is 1.14. The van der Waals surface area contributed by atoms with E-state index in [-0.39, 0.29) is 0 Å². The Hall–Kier alpha value is -7.62. The third-order valence-corrected chi connectivity index (χ3v) is 11.9. The van der Waals surface area contributed by atoms with Crippen LogP contribution in [0.5, 0.6) is 0 Å². The number of aromatic nitrogens is 3. The molecule has 0 radical (unpaired) electrons. The second-order valence-electron chi connectivity index (χ2n) is 14.8. The molecule has 12 aromatic rings. The summed E-state index contributed by atoms with van der Waals surface area (Å²) < 4.78 is 7.37. The maximum Gasteiger partial charge on any atom is 0.0619 e. The first-order valence-corrected chi connectivity index (χ1v) is 19.6. The molecule has 0 aliphatic rings. The molecule has 0 bridgehead atoms. The lowest BCUT2D eigenvalue weighted by Gasteiger charge is -2.19. The molecule has 3 nitrogen and oxygen atoms in total. The van der Waals surface area contributed by atoms with Crippen LogP contribution in [0.2, 0.25) is 0 Å². The van der Waals surface area contributed by atoms with Crippen LogP contribution >= 0.6 is 0 Å². The zero-order chi connectivity index (χ0) is 37.5. The number of para-hydroxylation sites is 8. The molecule has 9 aromatic carbocycles. The second kappa shape index (κ2) is 12.5. The van der Waals surface area contributed by atoms with Gasteiger partial charge in [0.2, 0.25) is 0 Å². The molecule has 3 heterocycles. The van der Waals surface area contributed by atoms with Gasteiger partial charge in [-0.15, -0.1) is 0 Å². The molecule has 266 valence electrons. The second-order valence-corrected chi connectivity index (χ2v) is 14.8. The monoisotopic (exact) mass is 725 g/mol. The minimum absolute atomic E-state index is 1.14. The molecule has 3 heteroatoms. The molecular formula is C54H35N3. The highest BCUT2D eigenvalue weighted by Crippen LogP contribution is 2.45. The van der Waals surface area contributed by atoms with Crippen molar-refractivity contribution in [3.63, 3.8) is 0 Å². The van der Waals surface area contributed by atoms with Crippen molar-refractivity contribution in [2.45, 2.75) is 0 Å². The van der Waals surface area contributed by atoms with Crippen LogP contribution in [-0.2, 0) is 0 Å². The summed E-state index contributed by atoms with van der Waals surface area (Å²) in [7, 11) is 0. The van der Waals surface area contributed by atoms with Gasteiger partial charge in [0.1, 0.15) is 0 Å². The zero-order valence-corrected chi connectivity index (χ0v) is 31.0. The summed E-state index contributed by atoms with van der Waals surface area (Å²) in [4.78, 5) is 0. The van der Waals surface area contributed by atoms with Crippen LogP contribution in [0, 0.1) is 0 Å². The Morgan fingerprint density at radius 3 is 1.28 bits per heavy atom. The number of hydrogen-bond acceptors (Lipinski definition) is 0. The summed E-state index contributed by atoms with van der Waals surface area (Å²) in [5, 5.41) is 7.48. The van der Waals surface area contributed by atoms with E-state index in [1.807, 2.05) is 0 Å². The Balaban J connectivity index is 1.17. The number of rotatable bonds is 5. The number of benzene rings is 9. The molecule has 0 N–H and O–H groups in total. The molecule has 0 aliphatic heterocycles. The summed E-state index contributed by atoms with van der Waals surface area (Å²) in [5.74, 6) is 0. The zero-order valence-electron chi connectivity index (χ0n) is 31.0. The number of nitrogens with zero attached hydrogens (tertiary/aromatic N) is 3. The van der Waals surface area contributed by atoms with Crippen molar-refractivity contribution in [1.29, 1.82) is 0 Å². The van der Waals surface area contributed by atoms with Gasteiger partial charge in [0, 0.05) is 54.7 Å². The van der Waals surface area contributed by atoms with Crippen molar-refractivity contribution in [1.82, 2.24) is 13.7 Å². The largest absolute Gasteiger partial charge is 0.309 e. The summed E-state index contributed by atoms with van der Waals surface area (Å²) in [6.45, 7) is 0. The molecular weight excluding hydrogens is 691 g/mol. The third-order valence-electron chi connectivity index (χ3n) is 11.9. The predicted octanol–water partition coefficient (Wildman–Crippen LogP) is 14.3. The van der Waals surface area contributed by atoms with E-state index in [0.29, 0.717) is 0 Å². The van der Waals surface area contributed by atoms with Crippen LogP contribution in [0.15, 0.2) is 212 Å². The predicted molar refractivity (Wildman–Crippen MR) is 240 cm³/mol. The molecule has 0 saturated carbocycles. The molecule has 0 amide bonds. The van der Waals surface area contributed by atoms with Gasteiger partial charge >= 0.3 is 0 Å². The van der Waals surface area contributed by atoms with E-state index in [0.717, 1.165) is 17.1 Å². The smallest absolute Gasteiger partial charge is 0.0619 e. The van der Waals surface area contributed by atoms with E-state index in [2.05, 4.69) is 226 Å². The Bertz CT molecular complexity index is 3470. The van der Waals surface area contributed by atoms with E-state index in [1.165, 1.54) is 87.7 Å². The fourth-order valence-electron chi connectivity index (χ4n) is 9.56. The van der Waals surface area contributed by atoms with Gasteiger partial charge in [-0.1, -0.05) is 158 Å². The number of fused-ring (bicyclic) bond motifs is 9. The summed E-state index contributed by atoms with van der Waals surface area (Å²) in [5.41, 5.74) is 15.4. The van der Waals surface area contributed by atoms with Crippen LogP contribution in [0.1, 0.15) is 0 Å². The molecule has 0 atom stereocenters. The SMILES string of the molecule is c1ccc(-n2c3ccccc3c3c(-c4cccc5c6ccccc6n(-c6ccccc6-c6ccccc6-n6c7ccccc7c7ccccc76)c45)cccc32)cc1. The molecule has 0 spiro atoms. The highest BCUT2D eigenvalue weighted by molar-refractivity contribution is 6.21. The van der Waals surface area contributed by atoms with E-state index in [4.69, 9.17) is 0 Å². The lowest BCUT2D eigenvalue weighted by atomic mass is 9.96. The van der Waals surface area contributed by atoms with Gasteiger partial charge in [-0.25, -0.2) is 0 Å². The van der Waals surface area contributed by atoms with Crippen molar-refractivity contribution in [2.75, 3.05) is 0 Å². The Morgan fingerprint density at radius 2 is 0.632 bits per heavy atom. The van der Waals surface area contributed by atoms with Gasteiger partial charge in [-0.2, -0.15) is 0 Å². The quantitative estimate of drug-likeness (QED) is 0.168. The Labute approximate surface area is 329 Å². The van der Waals surface area contributed by atoms with Crippen molar-refractivity contribution in [3.8, 4) is 39.3 Å². The van der Waals surface area contributed by atoms with Crippen molar-refractivity contribution in [2.24, 2.45) is 0 Å². The first-order valence-electron chi connectivity index (χ1n) is 19.6. The minimum Gasteiger partial charge on any atom is -0.309 e. The van der Waals surface area contributed by atoms with Crippen LogP contribution in [0.3, 0.4) is 0 Å². The number of hydrogen-bond donors (Lipinski definition) is 0. The van der Waals surface area contributed by atoms with Crippen LogP contribution in [0.4, 0.5) is 0 Å². The lowest BCUT2D eigenvalue weighted by Crippen LogP contribution is -2.02. The van der Waals surface area contributed by atoms with Gasteiger partial charge in [0.05, 0.1) is 44.5 Å². The fraction of sp³-hybridized carbons (Fsp3) is 0. The van der Waals surface area contributed by atoms with Gasteiger partial charge in [0.25, 0.3) is 0 Å². The topological polar surface area (TPSA) is 14.8 Å². The van der Waals surface area contributed by atoms with Gasteiger partial charge < -0.3 is 13.7 Å². The summed E-state index contributed by atoms with van der Waals surface area (Å²) in [6, 6.07) is 77.4. The average molecular weight is 726 g/mol. The van der Waals surface area contributed by atoms with Gasteiger partial charge in [-0.05, 0) is 60.2 Å². The molecule has 0 aliphatic carbocycles. The van der Waals surface area contributed by atoms with Crippen molar-refractivity contribution in [3.05, 3.63) is 212 Å². The van der Waals surface area contributed by atoms with E-state index < -0.39 is 0 Å². The highest BCUT2D eigenvalue weighted by Gasteiger charge is 2.23. The lowest BCUT2D eigenvalue weighted by molar-refractivity contribution is 1.16. The third kappa shape index (κ3) is 4.60. The first kappa shape index (κ1) is 31.7. The Kier molecular flexibility index (Phi) is 6.93. The standard InChI is InChI=1S/C54H35N3/c1-2-18-36(19-3-1)55-51-34-15-9-25-45(51)53-42(26-17-35-52(53)55)44-28-16-27-43-41-24-8-14-33-50(41)57(54(43)44)49-32-13-7-23-40(49)39-22-6-12-31-48(39)56-46-29-10-4-20-37(46)38-21-5-11-30-47(38)56/h1-35H. The molecule has 0 fully saturated rings. The average Bonchev–Trinajstić information content (AvgIpc) is 3.93. The van der Waals surface area contributed by atoms with E-state index in [9.17, 15) is 0 Å². The first-order chi connectivity index (χ1) is 28.3. The molecule has 12 rings (SSSR count). The molecule has 3 aromatic heterocycles. The highest BCUT2D eigenvalue weighted by atomic mass is 15.0.